The molecule has 0 spiro atoms. The number of unbranched alkanes of at least 4 members (excludes halogenated alkanes) is 8. The first-order chi connectivity index (χ1) is 9.91. The molecule has 115 valence electrons. The van der Waals surface area contributed by atoms with Gasteiger partial charge in [0.1, 0.15) is 0 Å². The van der Waals surface area contributed by atoms with Gasteiger partial charge in [0.2, 0.25) is 0 Å². The zero-order valence-corrected chi connectivity index (χ0v) is 13.7. The van der Waals surface area contributed by atoms with Gasteiger partial charge in [0.15, 0.2) is 0 Å². The molecule has 20 heavy (non-hydrogen) atoms. The molecule has 0 aromatic rings. The second kappa shape index (κ2) is 18.2. The predicted molar refractivity (Wildman–Crippen MR) is 93.9 cm³/mol. The normalized spacial score (nSPS) is 12.3. The molecule has 0 aliphatic carbocycles. The molecule has 0 saturated heterocycles. The number of hydrogen-bond acceptors (Lipinski definition) is 0. The minimum Gasteiger partial charge on any atom is -0.0885 e. The number of allylic oxidation sites excluding steroid dienone is 6. The Kier molecular flexibility index (Phi) is 17.5. The van der Waals surface area contributed by atoms with Crippen molar-refractivity contribution >= 4 is 0 Å². The van der Waals surface area contributed by atoms with Crippen LogP contribution in [-0.2, 0) is 0 Å². The molecule has 0 nitrogen and oxygen atoms in total. The highest BCUT2D eigenvalue weighted by molar-refractivity contribution is 4.96. The molecule has 0 unspecified atom stereocenters. The Morgan fingerprint density at radius 2 is 1.10 bits per heavy atom. The maximum absolute atomic E-state index is 3.88. The summed E-state index contributed by atoms with van der Waals surface area (Å²) < 4.78 is 0. The van der Waals surface area contributed by atoms with Crippen molar-refractivity contribution in [1.82, 2.24) is 0 Å². The van der Waals surface area contributed by atoms with E-state index in [-0.39, 0.29) is 0 Å². The van der Waals surface area contributed by atoms with Crippen LogP contribution in [0.15, 0.2) is 36.5 Å². The third-order valence-corrected chi connectivity index (χ3v) is 3.40. The van der Waals surface area contributed by atoms with E-state index in [0.29, 0.717) is 0 Å². The van der Waals surface area contributed by atoms with E-state index >= 15 is 0 Å². The van der Waals surface area contributed by atoms with Gasteiger partial charge in [-0.2, -0.15) is 0 Å². The van der Waals surface area contributed by atoms with Gasteiger partial charge in [-0.25, -0.2) is 0 Å². The molecule has 0 N–H and O–H groups in total. The van der Waals surface area contributed by atoms with Crippen LogP contribution in [0.1, 0.15) is 84.0 Å². The minimum absolute atomic E-state index is 1.08. The summed E-state index contributed by atoms with van der Waals surface area (Å²) in [5, 5.41) is 0. The Morgan fingerprint density at radius 1 is 0.600 bits per heavy atom. The van der Waals surface area contributed by atoms with Gasteiger partial charge >= 0.3 is 0 Å². The highest BCUT2D eigenvalue weighted by Gasteiger charge is 1.90. The summed E-state index contributed by atoms with van der Waals surface area (Å²) in [5.41, 5.74) is 0. The van der Waals surface area contributed by atoms with Crippen molar-refractivity contribution < 1.29 is 0 Å². The summed E-state index contributed by atoms with van der Waals surface area (Å²) >= 11 is 0. The predicted octanol–water partition coefficient (Wildman–Crippen LogP) is 7.19. The largest absolute Gasteiger partial charge is 0.0885 e. The summed E-state index contributed by atoms with van der Waals surface area (Å²) in [6.07, 6.45) is 29.0. The second-order valence-corrected chi connectivity index (χ2v) is 5.41. The first kappa shape index (κ1) is 19.2. The van der Waals surface area contributed by atoms with Gasteiger partial charge < -0.3 is 0 Å². The van der Waals surface area contributed by atoms with Crippen LogP contribution >= 0.6 is 0 Å². The van der Waals surface area contributed by atoms with Crippen LogP contribution in [0.4, 0.5) is 0 Å². The zero-order chi connectivity index (χ0) is 14.7. The first-order valence-corrected chi connectivity index (χ1v) is 8.66. The van der Waals surface area contributed by atoms with Gasteiger partial charge in [-0.1, -0.05) is 95.2 Å². The standard InChI is InChI=1S/C20H35/c1-3-5-7-9-11-13-15-17-19-20-18-16-14-12-10-8-6-4-2/h6,8,12,14,18,20H,1,3-5,7,9-11,13,15-17,19H2,2H3/b8-6+,14-12+,20-18+. The summed E-state index contributed by atoms with van der Waals surface area (Å²) in [6, 6.07) is 0. The fraction of sp³-hybridized carbons (Fsp3) is 0.650. The molecule has 0 aliphatic rings. The van der Waals surface area contributed by atoms with Crippen LogP contribution in [-0.4, -0.2) is 0 Å². The van der Waals surface area contributed by atoms with E-state index in [9.17, 15) is 0 Å². The monoisotopic (exact) mass is 275 g/mol. The Labute approximate surface area is 128 Å². The van der Waals surface area contributed by atoms with Crippen LogP contribution in [0, 0.1) is 6.92 Å². The maximum Gasteiger partial charge on any atom is -0.0169 e. The fourth-order valence-electron chi connectivity index (χ4n) is 2.15. The van der Waals surface area contributed by atoms with E-state index in [1.807, 2.05) is 0 Å². The lowest BCUT2D eigenvalue weighted by atomic mass is 10.1. The average Bonchev–Trinajstić information content (AvgIpc) is 2.47. The molecule has 0 aromatic carbocycles. The Hall–Kier alpha value is -0.780. The summed E-state index contributed by atoms with van der Waals surface area (Å²) in [6.45, 7) is 6.05. The van der Waals surface area contributed by atoms with Gasteiger partial charge in [-0.15, -0.1) is 0 Å². The van der Waals surface area contributed by atoms with Gasteiger partial charge in [0, 0.05) is 0 Å². The van der Waals surface area contributed by atoms with Crippen molar-refractivity contribution in [3.05, 3.63) is 43.4 Å². The fourth-order valence-corrected chi connectivity index (χ4v) is 2.15. The van der Waals surface area contributed by atoms with E-state index in [0.717, 1.165) is 25.7 Å². The van der Waals surface area contributed by atoms with Crippen LogP contribution in [0.5, 0.6) is 0 Å². The Balaban J connectivity index is 3.17. The maximum atomic E-state index is 3.88. The van der Waals surface area contributed by atoms with Crippen molar-refractivity contribution in [2.75, 3.05) is 0 Å². The van der Waals surface area contributed by atoms with E-state index in [2.05, 4.69) is 50.3 Å². The lowest BCUT2D eigenvalue weighted by molar-refractivity contribution is 0.583. The quantitative estimate of drug-likeness (QED) is 0.232. The number of rotatable bonds is 14. The Bertz CT molecular complexity index is 245. The van der Waals surface area contributed by atoms with E-state index < -0.39 is 0 Å². The Morgan fingerprint density at radius 3 is 1.70 bits per heavy atom. The highest BCUT2D eigenvalue weighted by atomic mass is 14.0. The zero-order valence-electron chi connectivity index (χ0n) is 13.7. The van der Waals surface area contributed by atoms with Crippen LogP contribution in [0.2, 0.25) is 0 Å². The van der Waals surface area contributed by atoms with Crippen molar-refractivity contribution in [2.45, 2.75) is 84.0 Å². The molecule has 0 aliphatic heterocycles. The molecule has 0 saturated carbocycles. The molecular formula is C20H35. The molecule has 0 rings (SSSR count). The molecule has 1 radical (unpaired) electrons. The molecular weight excluding hydrogens is 240 g/mol. The summed E-state index contributed by atoms with van der Waals surface area (Å²) in [7, 11) is 0. The smallest absolute Gasteiger partial charge is 0.0169 e. The first-order valence-electron chi connectivity index (χ1n) is 8.66. The molecule has 0 atom stereocenters. The minimum atomic E-state index is 1.08. The third kappa shape index (κ3) is 17.2. The lowest BCUT2D eigenvalue weighted by Gasteiger charge is -1.99. The van der Waals surface area contributed by atoms with Gasteiger partial charge in [-0.05, 0) is 32.1 Å². The average molecular weight is 276 g/mol. The summed E-state index contributed by atoms with van der Waals surface area (Å²) in [5.74, 6) is 0. The number of hydrogen-bond donors (Lipinski definition) is 0. The topological polar surface area (TPSA) is 0 Å². The SMILES string of the molecule is [CH2]CCCCCCCCC/C=C/C/C=C/C/C=C/CC. The second-order valence-electron chi connectivity index (χ2n) is 5.41. The van der Waals surface area contributed by atoms with Gasteiger partial charge in [0.25, 0.3) is 0 Å². The van der Waals surface area contributed by atoms with Crippen LogP contribution in [0.25, 0.3) is 0 Å². The molecule has 0 bridgehead atoms. The van der Waals surface area contributed by atoms with E-state index in [1.165, 1.54) is 51.4 Å². The molecule has 0 amide bonds. The van der Waals surface area contributed by atoms with Crippen molar-refractivity contribution in [1.29, 1.82) is 0 Å². The molecule has 0 heteroatoms. The van der Waals surface area contributed by atoms with E-state index in [1.54, 1.807) is 0 Å². The lowest BCUT2D eigenvalue weighted by Crippen LogP contribution is -1.79. The molecule has 0 fully saturated rings. The van der Waals surface area contributed by atoms with E-state index in [4.69, 9.17) is 0 Å². The van der Waals surface area contributed by atoms with Gasteiger partial charge in [0.05, 0.1) is 0 Å². The highest BCUT2D eigenvalue weighted by Crippen LogP contribution is 2.09. The van der Waals surface area contributed by atoms with Crippen molar-refractivity contribution in [3.63, 3.8) is 0 Å². The third-order valence-electron chi connectivity index (χ3n) is 3.40. The van der Waals surface area contributed by atoms with Crippen molar-refractivity contribution in [3.8, 4) is 0 Å². The molecule has 0 aromatic heterocycles. The van der Waals surface area contributed by atoms with Crippen LogP contribution in [0.3, 0.4) is 0 Å². The van der Waals surface area contributed by atoms with Crippen molar-refractivity contribution in [2.24, 2.45) is 0 Å². The summed E-state index contributed by atoms with van der Waals surface area (Å²) in [4.78, 5) is 0. The van der Waals surface area contributed by atoms with Crippen LogP contribution < -0.4 is 0 Å². The molecule has 0 heterocycles. The van der Waals surface area contributed by atoms with Gasteiger partial charge in [-0.3, -0.25) is 0 Å².